The molecule has 0 aliphatic carbocycles. The first-order valence-electron chi connectivity index (χ1n) is 6.81. The summed E-state index contributed by atoms with van der Waals surface area (Å²) in [5.74, 6) is 0.812. The summed E-state index contributed by atoms with van der Waals surface area (Å²) >= 11 is 13.5. The van der Waals surface area contributed by atoms with E-state index in [9.17, 15) is 8.42 Å². The molecule has 0 radical (unpaired) electrons. The molecule has 1 fully saturated rings. The van der Waals surface area contributed by atoms with Crippen molar-refractivity contribution < 1.29 is 8.42 Å². The highest BCUT2D eigenvalue weighted by Gasteiger charge is 2.32. The number of halogens is 2. The van der Waals surface area contributed by atoms with Gasteiger partial charge in [0.1, 0.15) is 5.01 Å². The Balaban J connectivity index is 1.78. The molecule has 3 heterocycles. The van der Waals surface area contributed by atoms with Gasteiger partial charge in [-0.05, 0) is 24.6 Å². The fraction of sp³-hybridized carbons (Fsp3) is 0.308. The molecule has 120 valence electrons. The lowest BCUT2D eigenvalue weighted by Crippen LogP contribution is -2.04. The Hall–Kier alpha value is -1.22. The molecule has 2 aromatic heterocycles. The van der Waals surface area contributed by atoms with Gasteiger partial charge in [-0.25, -0.2) is 8.42 Å². The Morgan fingerprint density at radius 2 is 2.09 bits per heavy atom. The van der Waals surface area contributed by atoms with Crippen molar-refractivity contribution in [3.8, 4) is 11.4 Å². The molecule has 1 atom stereocenters. The molecule has 0 N–H and O–H groups in total. The van der Waals surface area contributed by atoms with Gasteiger partial charge in [0.05, 0.1) is 16.5 Å². The third kappa shape index (κ3) is 2.73. The van der Waals surface area contributed by atoms with Crippen molar-refractivity contribution >= 4 is 49.3 Å². The number of nitrogens with zero attached hydrogens (tertiary/aromatic N) is 4. The first-order chi connectivity index (χ1) is 10.9. The Kier molecular flexibility index (Phi) is 3.60. The minimum Gasteiger partial charge on any atom is -0.229 e. The Morgan fingerprint density at radius 1 is 1.26 bits per heavy atom. The van der Waals surface area contributed by atoms with E-state index in [1.165, 1.54) is 11.3 Å². The number of benzene rings is 1. The quantitative estimate of drug-likeness (QED) is 0.673. The highest BCUT2D eigenvalue weighted by molar-refractivity contribution is 7.91. The van der Waals surface area contributed by atoms with Crippen LogP contribution in [0.15, 0.2) is 18.2 Å². The molecule has 10 heteroatoms. The average Bonchev–Trinajstić information content (AvgIpc) is 3.12. The number of fused-ring (bicyclic) bond motifs is 1. The summed E-state index contributed by atoms with van der Waals surface area (Å²) < 4.78 is 24.9. The third-order valence-corrected chi connectivity index (χ3v) is 7.14. The zero-order valence-corrected chi connectivity index (χ0v) is 14.8. The van der Waals surface area contributed by atoms with Crippen LogP contribution in [-0.2, 0) is 9.84 Å². The lowest BCUT2D eigenvalue weighted by Gasteiger charge is -2.02. The molecule has 4 rings (SSSR count). The molecule has 6 nitrogen and oxygen atoms in total. The van der Waals surface area contributed by atoms with Crippen molar-refractivity contribution in [2.24, 2.45) is 0 Å². The molecular weight excluding hydrogens is 379 g/mol. The van der Waals surface area contributed by atoms with Crippen LogP contribution in [0.2, 0.25) is 10.0 Å². The van der Waals surface area contributed by atoms with E-state index in [1.54, 1.807) is 22.7 Å². The van der Waals surface area contributed by atoms with Gasteiger partial charge in [0, 0.05) is 16.5 Å². The van der Waals surface area contributed by atoms with Crippen LogP contribution < -0.4 is 0 Å². The van der Waals surface area contributed by atoms with E-state index in [0.29, 0.717) is 32.8 Å². The zero-order valence-electron chi connectivity index (χ0n) is 11.6. The highest BCUT2D eigenvalue weighted by Crippen LogP contribution is 2.34. The highest BCUT2D eigenvalue weighted by atomic mass is 35.5. The summed E-state index contributed by atoms with van der Waals surface area (Å²) in [5, 5.41) is 14.5. The van der Waals surface area contributed by atoms with Crippen molar-refractivity contribution in [3.63, 3.8) is 0 Å². The molecule has 1 unspecified atom stereocenters. The summed E-state index contributed by atoms with van der Waals surface area (Å²) in [6.45, 7) is 0. The molecule has 0 spiro atoms. The van der Waals surface area contributed by atoms with Crippen LogP contribution in [0.25, 0.3) is 16.3 Å². The maximum absolute atomic E-state index is 11.6. The van der Waals surface area contributed by atoms with E-state index in [2.05, 4.69) is 15.3 Å². The molecule has 3 aromatic rings. The molecule has 23 heavy (non-hydrogen) atoms. The van der Waals surface area contributed by atoms with Crippen LogP contribution in [0.5, 0.6) is 0 Å². The van der Waals surface area contributed by atoms with Crippen LogP contribution in [0, 0.1) is 0 Å². The van der Waals surface area contributed by atoms with Crippen LogP contribution in [0.1, 0.15) is 17.3 Å². The number of sulfone groups is 1. The second-order valence-electron chi connectivity index (χ2n) is 5.38. The van der Waals surface area contributed by atoms with Gasteiger partial charge in [0.25, 0.3) is 0 Å². The van der Waals surface area contributed by atoms with Crippen molar-refractivity contribution in [1.82, 2.24) is 19.8 Å². The maximum Gasteiger partial charge on any atom is 0.234 e. The standard InChI is InChI=1S/C13H10Cl2N4O2S2/c14-8-1-2-9(10(15)5-8)11-16-17-13-19(11)18-12(22-13)7-3-4-23(20,21)6-7/h1-2,5,7H,3-4,6H2. The van der Waals surface area contributed by atoms with E-state index in [-0.39, 0.29) is 17.4 Å². The van der Waals surface area contributed by atoms with E-state index in [0.717, 1.165) is 5.01 Å². The topological polar surface area (TPSA) is 77.2 Å². The third-order valence-electron chi connectivity index (χ3n) is 3.76. The van der Waals surface area contributed by atoms with Crippen molar-refractivity contribution in [1.29, 1.82) is 0 Å². The van der Waals surface area contributed by atoms with Gasteiger partial charge in [0.2, 0.25) is 4.96 Å². The maximum atomic E-state index is 11.6. The number of aromatic nitrogens is 4. The normalized spacial score (nSPS) is 20.3. The van der Waals surface area contributed by atoms with Crippen molar-refractivity contribution in [2.75, 3.05) is 11.5 Å². The van der Waals surface area contributed by atoms with Crippen LogP contribution >= 0.6 is 34.5 Å². The van der Waals surface area contributed by atoms with Crippen LogP contribution in [-0.4, -0.2) is 39.7 Å². The summed E-state index contributed by atoms with van der Waals surface area (Å²) in [6.07, 6.45) is 0.601. The van der Waals surface area contributed by atoms with Crippen LogP contribution in [0.3, 0.4) is 0 Å². The largest absolute Gasteiger partial charge is 0.234 e. The molecule has 1 aliphatic heterocycles. The van der Waals surface area contributed by atoms with Gasteiger partial charge in [-0.2, -0.15) is 9.61 Å². The Morgan fingerprint density at radius 3 is 2.78 bits per heavy atom. The second kappa shape index (κ2) is 5.41. The van der Waals surface area contributed by atoms with Gasteiger partial charge < -0.3 is 0 Å². The number of hydrogen-bond donors (Lipinski definition) is 0. The molecule has 1 saturated heterocycles. The summed E-state index contributed by atoms with van der Waals surface area (Å²) in [7, 11) is -2.95. The second-order valence-corrected chi connectivity index (χ2v) is 9.44. The van der Waals surface area contributed by atoms with E-state index < -0.39 is 9.84 Å². The van der Waals surface area contributed by atoms with Gasteiger partial charge in [-0.1, -0.05) is 34.5 Å². The fourth-order valence-corrected chi connectivity index (χ4v) is 5.94. The minimum atomic E-state index is -2.95. The number of rotatable bonds is 2. The smallest absolute Gasteiger partial charge is 0.229 e. The van der Waals surface area contributed by atoms with E-state index in [1.807, 2.05) is 0 Å². The SMILES string of the molecule is O=S1(=O)CCC(c2nn3c(-c4ccc(Cl)cc4Cl)nnc3s2)C1. The summed E-state index contributed by atoms with van der Waals surface area (Å²) in [4.78, 5) is 0.616. The van der Waals surface area contributed by atoms with E-state index >= 15 is 0 Å². The lowest BCUT2D eigenvalue weighted by atomic mass is 10.1. The average molecular weight is 389 g/mol. The van der Waals surface area contributed by atoms with Gasteiger partial charge >= 0.3 is 0 Å². The summed E-state index contributed by atoms with van der Waals surface area (Å²) in [5.41, 5.74) is 0.680. The monoisotopic (exact) mass is 388 g/mol. The van der Waals surface area contributed by atoms with Gasteiger partial charge in [-0.3, -0.25) is 0 Å². The fourth-order valence-electron chi connectivity index (χ4n) is 2.63. The first-order valence-corrected chi connectivity index (χ1v) is 10.2. The van der Waals surface area contributed by atoms with Crippen molar-refractivity contribution in [3.05, 3.63) is 33.3 Å². The molecule has 1 aromatic carbocycles. The molecule has 0 amide bonds. The minimum absolute atomic E-state index is 0.0692. The molecule has 0 bridgehead atoms. The van der Waals surface area contributed by atoms with Gasteiger partial charge in [-0.15, -0.1) is 10.2 Å². The molecule has 1 aliphatic rings. The number of hydrogen-bond acceptors (Lipinski definition) is 6. The predicted molar refractivity (Wildman–Crippen MR) is 90.1 cm³/mol. The summed E-state index contributed by atoms with van der Waals surface area (Å²) in [6, 6.07) is 5.12. The first kappa shape index (κ1) is 15.3. The predicted octanol–water partition coefficient (Wildman–Crippen LogP) is 3.06. The Labute approximate surface area is 146 Å². The van der Waals surface area contributed by atoms with Gasteiger partial charge in [0.15, 0.2) is 15.7 Å². The molecular formula is C13H10Cl2N4O2S2. The molecule has 0 saturated carbocycles. The lowest BCUT2D eigenvalue weighted by molar-refractivity contribution is 0.601. The zero-order chi connectivity index (χ0) is 16.2. The van der Waals surface area contributed by atoms with E-state index in [4.69, 9.17) is 23.2 Å². The Bertz CT molecular complexity index is 1010. The van der Waals surface area contributed by atoms with Crippen LogP contribution in [0.4, 0.5) is 0 Å². The van der Waals surface area contributed by atoms with Crippen molar-refractivity contribution in [2.45, 2.75) is 12.3 Å².